The molecular weight excluding hydrogens is 401 g/mol. The monoisotopic (exact) mass is 423 g/mol. The fourth-order valence-electron chi connectivity index (χ4n) is 3.84. The fraction of sp³-hybridized carbons (Fsp3) is 0.217. The van der Waals surface area contributed by atoms with Gasteiger partial charge in [0.15, 0.2) is 0 Å². The summed E-state index contributed by atoms with van der Waals surface area (Å²) in [7, 11) is 0. The van der Waals surface area contributed by atoms with Gasteiger partial charge in [-0.25, -0.2) is 9.18 Å². The van der Waals surface area contributed by atoms with Crippen molar-refractivity contribution in [2.24, 2.45) is 0 Å². The van der Waals surface area contributed by atoms with Crippen LogP contribution in [0.4, 0.5) is 14.9 Å². The number of aliphatic hydroxyl groups excluding tert-OH is 2. The predicted molar refractivity (Wildman–Crippen MR) is 113 cm³/mol. The molecule has 0 bridgehead atoms. The molecule has 8 heteroatoms. The Labute approximate surface area is 178 Å². The number of amides is 1. The van der Waals surface area contributed by atoms with Crippen molar-refractivity contribution < 1.29 is 24.1 Å². The van der Waals surface area contributed by atoms with Gasteiger partial charge in [-0.15, -0.1) is 0 Å². The standard InChI is InChI=1S/C23H22FN3O4/c24-13-9-19(25)21(26-10-13)22(29)20(28)11-27-23(30)31-12-18-16-7-3-1-5-14(16)15-6-2-4-8-17(15)18/h1-10,18,20,22,28-29H,11-12,25H2,(H,27,30). The number of nitrogens with one attached hydrogen (secondary N) is 1. The number of hydrogen-bond donors (Lipinski definition) is 4. The quantitative estimate of drug-likeness (QED) is 0.484. The number of carbonyl (C=O) groups excluding carboxylic acids is 1. The number of fused-ring (bicyclic) bond motifs is 3. The van der Waals surface area contributed by atoms with Crippen LogP contribution in [0.1, 0.15) is 28.8 Å². The highest BCUT2D eigenvalue weighted by Crippen LogP contribution is 2.44. The normalized spacial score (nSPS) is 14.4. The van der Waals surface area contributed by atoms with Gasteiger partial charge in [0.05, 0.1) is 17.6 Å². The van der Waals surface area contributed by atoms with Crippen molar-refractivity contribution in [1.29, 1.82) is 0 Å². The molecule has 31 heavy (non-hydrogen) atoms. The molecule has 0 saturated heterocycles. The van der Waals surface area contributed by atoms with Gasteiger partial charge in [0.1, 0.15) is 24.6 Å². The number of anilines is 1. The van der Waals surface area contributed by atoms with Crippen LogP contribution in [0.25, 0.3) is 11.1 Å². The Balaban J connectivity index is 1.35. The van der Waals surface area contributed by atoms with E-state index >= 15 is 0 Å². The van der Waals surface area contributed by atoms with Gasteiger partial charge in [0.2, 0.25) is 0 Å². The first kappa shape index (κ1) is 20.8. The van der Waals surface area contributed by atoms with Gasteiger partial charge < -0.3 is 26.0 Å². The molecule has 160 valence electrons. The van der Waals surface area contributed by atoms with Crippen LogP contribution < -0.4 is 11.1 Å². The van der Waals surface area contributed by atoms with Crippen molar-refractivity contribution in [2.45, 2.75) is 18.1 Å². The number of aromatic nitrogens is 1. The summed E-state index contributed by atoms with van der Waals surface area (Å²) in [5.41, 5.74) is 9.89. The summed E-state index contributed by atoms with van der Waals surface area (Å²) >= 11 is 0. The molecule has 2 aromatic carbocycles. The maximum absolute atomic E-state index is 13.1. The number of nitrogens with two attached hydrogens (primary N) is 1. The number of pyridine rings is 1. The number of benzene rings is 2. The molecule has 0 saturated carbocycles. The highest BCUT2D eigenvalue weighted by Gasteiger charge is 2.29. The third kappa shape index (κ3) is 4.21. The summed E-state index contributed by atoms with van der Waals surface area (Å²) in [4.78, 5) is 15.9. The number of nitrogen functional groups attached to an aromatic ring is 1. The zero-order valence-corrected chi connectivity index (χ0v) is 16.5. The maximum Gasteiger partial charge on any atom is 0.407 e. The average molecular weight is 423 g/mol. The largest absolute Gasteiger partial charge is 0.449 e. The van der Waals surface area contributed by atoms with E-state index in [1.165, 1.54) is 0 Å². The molecule has 4 rings (SSSR count). The van der Waals surface area contributed by atoms with E-state index in [0.29, 0.717) is 0 Å². The molecule has 1 heterocycles. The smallest absolute Gasteiger partial charge is 0.407 e. The Hall–Kier alpha value is -3.49. The van der Waals surface area contributed by atoms with Crippen LogP contribution in [-0.4, -0.2) is 40.5 Å². The van der Waals surface area contributed by atoms with Gasteiger partial charge in [0.25, 0.3) is 0 Å². The molecule has 0 aliphatic heterocycles. The topological polar surface area (TPSA) is 118 Å². The first-order valence-electron chi connectivity index (χ1n) is 9.81. The Bertz CT molecular complexity index is 1060. The number of ether oxygens (including phenoxy) is 1. The number of hydrogen-bond acceptors (Lipinski definition) is 6. The summed E-state index contributed by atoms with van der Waals surface area (Å²) in [5, 5.41) is 22.8. The van der Waals surface area contributed by atoms with Gasteiger partial charge in [-0.05, 0) is 22.3 Å². The molecule has 2 atom stereocenters. The first-order valence-corrected chi connectivity index (χ1v) is 9.81. The number of rotatable bonds is 6. The summed E-state index contributed by atoms with van der Waals surface area (Å²) in [6.45, 7) is -0.165. The number of nitrogens with zero attached hydrogens (tertiary/aromatic N) is 1. The zero-order valence-electron chi connectivity index (χ0n) is 16.5. The second-order valence-corrected chi connectivity index (χ2v) is 7.35. The Morgan fingerprint density at radius 3 is 2.35 bits per heavy atom. The first-order chi connectivity index (χ1) is 15.0. The van der Waals surface area contributed by atoms with Gasteiger partial charge in [-0.3, -0.25) is 4.98 Å². The van der Waals surface area contributed by atoms with Crippen molar-refractivity contribution in [2.75, 3.05) is 18.9 Å². The van der Waals surface area contributed by atoms with E-state index in [1.54, 1.807) is 0 Å². The zero-order chi connectivity index (χ0) is 22.0. The van der Waals surface area contributed by atoms with Crippen molar-refractivity contribution in [3.05, 3.63) is 83.4 Å². The van der Waals surface area contributed by atoms with Crippen LogP contribution in [0.3, 0.4) is 0 Å². The number of alkyl carbamates (subject to hydrolysis) is 1. The molecule has 1 amide bonds. The highest BCUT2D eigenvalue weighted by atomic mass is 19.1. The Morgan fingerprint density at radius 1 is 1.13 bits per heavy atom. The lowest BCUT2D eigenvalue weighted by atomic mass is 9.98. The average Bonchev–Trinajstić information content (AvgIpc) is 3.09. The number of carbonyl (C=O) groups is 1. The molecule has 0 spiro atoms. The molecular formula is C23H22FN3O4. The Morgan fingerprint density at radius 2 is 1.74 bits per heavy atom. The molecule has 1 aliphatic rings. The summed E-state index contributed by atoms with van der Waals surface area (Å²) in [6.07, 6.45) is -2.73. The molecule has 1 aromatic heterocycles. The van der Waals surface area contributed by atoms with Crippen LogP contribution in [0.5, 0.6) is 0 Å². The van der Waals surface area contributed by atoms with E-state index in [4.69, 9.17) is 10.5 Å². The highest BCUT2D eigenvalue weighted by molar-refractivity contribution is 5.79. The second kappa shape index (κ2) is 8.71. The van der Waals surface area contributed by atoms with Crippen molar-refractivity contribution in [3.63, 3.8) is 0 Å². The second-order valence-electron chi connectivity index (χ2n) is 7.35. The van der Waals surface area contributed by atoms with Gasteiger partial charge in [-0.1, -0.05) is 48.5 Å². The lowest BCUT2D eigenvalue weighted by molar-refractivity contribution is 0.0165. The molecule has 0 radical (unpaired) electrons. The summed E-state index contributed by atoms with van der Waals surface area (Å²) in [6, 6.07) is 17.0. The van der Waals surface area contributed by atoms with Crippen LogP contribution in [0.15, 0.2) is 60.8 Å². The van der Waals surface area contributed by atoms with Gasteiger partial charge in [-0.2, -0.15) is 0 Å². The molecule has 7 nitrogen and oxygen atoms in total. The van der Waals surface area contributed by atoms with Crippen molar-refractivity contribution in [1.82, 2.24) is 10.3 Å². The molecule has 0 fully saturated rings. The van der Waals surface area contributed by atoms with Crippen LogP contribution in [-0.2, 0) is 4.74 Å². The van der Waals surface area contributed by atoms with Gasteiger partial charge >= 0.3 is 6.09 Å². The molecule has 3 aromatic rings. The minimum atomic E-state index is -1.49. The third-order valence-corrected chi connectivity index (χ3v) is 5.36. The lowest BCUT2D eigenvalue weighted by Gasteiger charge is -2.19. The molecule has 5 N–H and O–H groups in total. The van der Waals surface area contributed by atoms with E-state index < -0.39 is 24.1 Å². The fourth-order valence-corrected chi connectivity index (χ4v) is 3.84. The van der Waals surface area contributed by atoms with E-state index in [1.807, 2.05) is 48.5 Å². The molecule has 1 aliphatic carbocycles. The third-order valence-electron chi connectivity index (χ3n) is 5.36. The summed E-state index contributed by atoms with van der Waals surface area (Å²) in [5.74, 6) is -0.739. The minimum absolute atomic E-state index is 0.0664. The van der Waals surface area contributed by atoms with E-state index in [-0.39, 0.29) is 30.5 Å². The Kier molecular flexibility index (Phi) is 5.83. The number of halogens is 1. The minimum Gasteiger partial charge on any atom is -0.449 e. The van der Waals surface area contributed by atoms with E-state index in [9.17, 15) is 19.4 Å². The van der Waals surface area contributed by atoms with E-state index in [0.717, 1.165) is 34.5 Å². The lowest BCUT2D eigenvalue weighted by Crippen LogP contribution is -2.36. The van der Waals surface area contributed by atoms with E-state index in [2.05, 4.69) is 10.3 Å². The molecule has 2 unspecified atom stereocenters. The number of aliphatic hydroxyl groups is 2. The van der Waals surface area contributed by atoms with Crippen molar-refractivity contribution in [3.8, 4) is 11.1 Å². The predicted octanol–water partition coefficient (Wildman–Crippen LogP) is 2.74. The van der Waals surface area contributed by atoms with Crippen molar-refractivity contribution >= 4 is 11.8 Å². The van der Waals surface area contributed by atoms with Crippen LogP contribution in [0, 0.1) is 5.82 Å². The van der Waals surface area contributed by atoms with Crippen LogP contribution in [0.2, 0.25) is 0 Å². The summed E-state index contributed by atoms with van der Waals surface area (Å²) < 4.78 is 18.5. The SMILES string of the molecule is Nc1cc(F)cnc1C(O)C(O)CNC(=O)OCC1c2ccccc2-c2ccccc21. The maximum atomic E-state index is 13.1. The van der Waals surface area contributed by atoms with Gasteiger partial charge in [0, 0.05) is 18.5 Å². The van der Waals surface area contributed by atoms with Crippen LogP contribution >= 0.6 is 0 Å².